The third-order valence-electron chi connectivity index (χ3n) is 3.04. The Labute approximate surface area is 119 Å². The maximum atomic E-state index is 12.2. The molecule has 2 N–H and O–H groups in total. The first-order valence-corrected chi connectivity index (χ1v) is 6.99. The van der Waals surface area contributed by atoms with E-state index in [2.05, 4.69) is 10.4 Å². The molecule has 0 aliphatic heterocycles. The second kappa shape index (κ2) is 7.07. The van der Waals surface area contributed by atoms with E-state index in [4.69, 9.17) is 5.11 Å². The zero-order chi connectivity index (χ0) is 15.3. The van der Waals surface area contributed by atoms with Crippen LogP contribution in [0.15, 0.2) is 6.07 Å². The van der Waals surface area contributed by atoms with E-state index in [0.29, 0.717) is 18.7 Å². The average molecular weight is 281 g/mol. The first kappa shape index (κ1) is 16.2. The predicted molar refractivity (Wildman–Crippen MR) is 75.6 cm³/mol. The molecule has 0 aliphatic rings. The van der Waals surface area contributed by atoms with E-state index in [1.54, 1.807) is 10.7 Å². The van der Waals surface area contributed by atoms with Crippen molar-refractivity contribution in [1.29, 1.82) is 0 Å². The van der Waals surface area contributed by atoms with Gasteiger partial charge >= 0.3 is 5.97 Å². The van der Waals surface area contributed by atoms with Gasteiger partial charge in [-0.3, -0.25) is 9.48 Å². The first-order valence-electron chi connectivity index (χ1n) is 6.99. The molecular weight excluding hydrogens is 258 g/mol. The summed E-state index contributed by atoms with van der Waals surface area (Å²) in [5, 5.41) is 16.0. The standard InChI is InChI=1S/C14H23N3O3/c1-5-10-8-12(17(6-2)16-10)13(18)15-11(14(19)20)7-9(3)4/h8-9,11H,5-7H2,1-4H3,(H,15,18)(H,19,20)/t11-/m1/s1. The van der Waals surface area contributed by atoms with Crippen LogP contribution in [0.3, 0.4) is 0 Å². The lowest BCUT2D eigenvalue weighted by Gasteiger charge is -2.16. The van der Waals surface area contributed by atoms with Gasteiger partial charge < -0.3 is 10.4 Å². The number of hydrogen-bond acceptors (Lipinski definition) is 3. The predicted octanol–water partition coefficient (Wildman–Crippen LogP) is 1.69. The van der Waals surface area contributed by atoms with Crippen LogP contribution in [0.2, 0.25) is 0 Å². The van der Waals surface area contributed by atoms with Crippen molar-refractivity contribution in [1.82, 2.24) is 15.1 Å². The molecule has 0 saturated heterocycles. The Kier molecular flexibility index (Phi) is 5.73. The molecule has 6 heteroatoms. The van der Waals surface area contributed by atoms with Crippen molar-refractivity contribution < 1.29 is 14.7 Å². The summed E-state index contributed by atoms with van der Waals surface area (Å²) < 4.78 is 1.60. The Bertz CT molecular complexity index is 480. The van der Waals surface area contributed by atoms with Gasteiger partial charge in [0.15, 0.2) is 0 Å². The number of aromatic nitrogens is 2. The Balaban J connectivity index is 2.88. The second-order valence-corrected chi connectivity index (χ2v) is 5.18. The molecule has 1 aromatic rings. The summed E-state index contributed by atoms with van der Waals surface area (Å²) in [5.41, 5.74) is 1.24. The first-order chi connectivity index (χ1) is 9.38. The largest absolute Gasteiger partial charge is 0.480 e. The van der Waals surface area contributed by atoms with Gasteiger partial charge in [-0.2, -0.15) is 5.10 Å². The molecule has 112 valence electrons. The SMILES string of the molecule is CCc1cc(C(=O)N[C@H](CC(C)C)C(=O)O)n(CC)n1. The minimum atomic E-state index is -1.01. The quantitative estimate of drug-likeness (QED) is 0.796. The smallest absolute Gasteiger partial charge is 0.326 e. The summed E-state index contributed by atoms with van der Waals surface area (Å²) in [7, 11) is 0. The van der Waals surface area contributed by atoms with Crippen molar-refractivity contribution in [2.45, 2.75) is 53.1 Å². The van der Waals surface area contributed by atoms with E-state index in [1.807, 2.05) is 27.7 Å². The summed E-state index contributed by atoms with van der Waals surface area (Å²) in [5.74, 6) is -1.20. The van der Waals surface area contributed by atoms with E-state index < -0.39 is 12.0 Å². The fourth-order valence-electron chi connectivity index (χ4n) is 1.99. The summed E-state index contributed by atoms with van der Waals surface area (Å²) in [4.78, 5) is 23.4. The molecule has 1 atom stereocenters. The van der Waals surface area contributed by atoms with Crippen molar-refractivity contribution in [2.24, 2.45) is 5.92 Å². The zero-order valence-corrected chi connectivity index (χ0v) is 12.5. The third kappa shape index (κ3) is 4.08. The number of aryl methyl sites for hydroxylation is 2. The van der Waals surface area contributed by atoms with Crippen LogP contribution >= 0.6 is 0 Å². The summed E-state index contributed by atoms with van der Waals surface area (Å²) in [6, 6.07) is 0.848. The Morgan fingerprint density at radius 2 is 2.05 bits per heavy atom. The number of carbonyl (C=O) groups is 2. The van der Waals surface area contributed by atoms with Gasteiger partial charge in [0.05, 0.1) is 5.69 Å². The van der Waals surface area contributed by atoms with Gasteiger partial charge in [0.1, 0.15) is 11.7 Å². The molecule has 0 fully saturated rings. The molecule has 1 heterocycles. The van der Waals surface area contributed by atoms with Crippen LogP contribution in [-0.4, -0.2) is 32.8 Å². The molecule has 1 amide bonds. The van der Waals surface area contributed by atoms with Crippen LogP contribution in [0.25, 0.3) is 0 Å². The number of nitrogens with one attached hydrogen (secondary N) is 1. The number of nitrogens with zero attached hydrogens (tertiary/aromatic N) is 2. The van der Waals surface area contributed by atoms with Crippen LogP contribution in [0.5, 0.6) is 0 Å². The van der Waals surface area contributed by atoms with E-state index >= 15 is 0 Å². The van der Waals surface area contributed by atoms with E-state index in [-0.39, 0.29) is 11.8 Å². The highest BCUT2D eigenvalue weighted by Crippen LogP contribution is 2.09. The molecule has 6 nitrogen and oxygen atoms in total. The van der Waals surface area contributed by atoms with Crippen LogP contribution in [0.4, 0.5) is 0 Å². The number of carbonyl (C=O) groups excluding carboxylic acids is 1. The number of aliphatic carboxylic acids is 1. The second-order valence-electron chi connectivity index (χ2n) is 5.18. The van der Waals surface area contributed by atoms with Gasteiger partial charge in [-0.1, -0.05) is 20.8 Å². The molecule has 0 radical (unpaired) electrons. The number of rotatable bonds is 7. The molecule has 1 aromatic heterocycles. The fraction of sp³-hybridized carbons (Fsp3) is 0.643. The van der Waals surface area contributed by atoms with Crippen LogP contribution in [0.1, 0.15) is 50.3 Å². The molecule has 0 spiro atoms. The lowest BCUT2D eigenvalue weighted by molar-refractivity contribution is -0.139. The Morgan fingerprint density at radius 3 is 2.50 bits per heavy atom. The van der Waals surface area contributed by atoms with Crippen molar-refractivity contribution in [2.75, 3.05) is 0 Å². The monoisotopic (exact) mass is 281 g/mol. The Hall–Kier alpha value is -1.85. The number of carboxylic acid groups (broad SMARTS) is 1. The van der Waals surface area contributed by atoms with Gasteiger partial charge in [0, 0.05) is 6.54 Å². The number of carboxylic acids is 1. The minimum Gasteiger partial charge on any atom is -0.480 e. The molecular formula is C14H23N3O3. The lowest BCUT2D eigenvalue weighted by Crippen LogP contribution is -2.42. The van der Waals surface area contributed by atoms with Gasteiger partial charge in [-0.15, -0.1) is 0 Å². The van der Waals surface area contributed by atoms with Crippen molar-refractivity contribution in [3.8, 4) is 0 Å². The normalized spacial score (nSPS) is 12.4. The maximum absolute atomic E-state index is 12.2. The summed E-state index contributed by atoms with van der Waals surface area (Å²) in [6.07, 6.45) is 1.14. The molecule has 0 bridgehead atoms. The topological polar surface area (TPSA) is 84.2 Å². The molecule has 0 aromatic carbocycles. The van der Waals surface area contributed by atoms with Gasteiger partial charge in [0.2, 0.25) is 0 Å². The highest BCUT2D eigenvalue weighted by Gasteiger charge is 2.23. The maximum Gasteiger partial charge on any atom is 0.326 e. The highest BCUT2D eigenvalue weighted by atomic mass is 16.4. The van der Waals surface area contributed by atoms with Crippen LogP contribution in [-0.2, 0) is 17.8 Å². The van der Waals surface area contributed by atoms with Crippen molar-refractivity contribution in [3.63, 3.8) is 0 Å². The van der Waals surface area contributed by atoms with E-state index in [0.717, 1.165) is 12.1 Å². The van der Waals surface area contributed by atoms with Crippen LogP contribution < -0.4 is 5.32 Å². The van der Waals surface area contributed by atoms with E-state index in [9.17, 15) is 9.59 Å². The van der Waals surface area contributed by atoms with Crippen LogP contribution in [0, 0.1) is 5.92 Å². The molecule has 0 aliphatic carbocycles. The zero-order valence-electron chi connectivity index (χ0n) is 12.5. The minimum absolute atomic E-state index is 0.193. The van der Waals surface area contributed by atoms with E-state index in [1.165, 1.54) is 0 Å². The van der Waals surface area contributed by atoms with Gasteiger partial charge in [0.25, 0.3) is 5.91 Å². The van der Waals surface area contributed by atoms with Gasteiger partial charge in [-0.05, 0) is 31.7 Å². The molecule has 0 unspecified atom stereocenters. The third-order valence-corrected chi connectivity index (χ3v) is 3.04. The fourth-order valence-corrected chi connectivity index (χ4v) is 1.99. The molecule has 0 saturated carbocycles. The van der Waals surface area contributed by atoms with Gasteiger partial charge in [-0.25, -0.2) is 4.79 Å². The highest BCUT2D eigenvalue weighted by molar-refractivity contribution is 5.95. The van der Waals surface area contributed by atoms with Crippen molar-refractivity contribution >= 4 is 11.9 Å². The van der Waals surface area contributed by atoms with Crippen molar-refractivity contribution in [3.05, 3.63) is 17.5 Å². The number of hydrogen-bond donors (Lipinski definition) is 2. The Morgan fingerprint density at radius 1 is 1.40 bits per heavy atom. The summed E-state index contributed by atoms with van der Waals surface area (Å²) in [6.45, 7) is 8.28. The summed E-state index contributed by atoms with van der Waals surface area (Å²) >= 11 is 0. The molecule has 1 rings (SSSR count). The number of amides is 1. The lowest BCUT2D eigenvalue weighted by atomic mass is 10.0. The molecule has 20 heavy (non-hydrogen) atoms. The average Bonchev–Trinajstić information content (AvgIpc) is 2.80.